The summed E-state index contributed by atoms with van der Waals surface area (Å²) < 4.78 is 0. The zero-order valence-electron chi connectivity index (χ0n) is 9.28. The number of alkyl halides is 1. The summed E-state index contributed by atoms with van der Waals surface area (Å²) in [5.74, 6) is 1.63. The predicted molar refractivity (Wildman–Crippen MR) is 64.6 cm³/mol. The van der Waals surface area contributed by atoms with Crippen LogP contribution in [0.25, 0.3) is 0 Å². The number of aryl methyl sites for hydroxylation is 1. The van der Waals surface area contributed by atoms with Gasteiger partial charge in [0.1, 0.15) is 5.82 Å². The molecule has 0 bridgehead atoms. The van der Waals surface area contributed by atoms with E-state index in [1.165, 1.54) is 0 Å². The van der Waals surface area contributed by atoms with Crippen molar-refractivity contribution in [2.24, 2.45) is 5.92 Å². The van der Waals surface area contributed by atoms with Gasteiger partial charge in [-0.05, 0) is 31.4 Å². The molecule has 0 aliphatic carbocycles. The van der Waals surface area contributed by atoms with E-state index < -0.39 is 0 Å². The summed E-state index contributed by atoms with van der Waals surface area (Å²) >= 11 is 6.20. The van der Waals surface area contributed by atoms with Gasteiger partial charge in [0.15, 0.2) is 0 Å². The van der Waals surface area contributed by atoms with Gasteiger partial charge in [0.05, 0.1) is 0 Å². The van der Waals surface area contributed by atoms with E-state index in [2.05, 4.69) is 28.9 Å². The number of rotatable bonds is 1. The van der Waals surface area contributed by atoms with Crippen LogP contribution < -0.4 is 4.90 Å². The Labute approximate surface area is 96.3 Å². The molecule has 1 aromatic rings. The van der Waals surface area contributed by atoms with Crippen LogP contribution in [0.3, 0.4) is 0 Å². The number of halogens is 1. The van der Waals surface area contributed by atoms with Gasteiger partial charge in [0.25, 0.3) is 0 Å². The summed E-state index contributed by atoms with van der Waals surface area (Å²) in [6, 6.07) is 6.17. The molecule has 0 N–H and O–H groups in total. The van der Waals surface area contributed by atoms with E-state index in [4.69, 9.17) is 11.6 Å². The molecule has 2 rings (SSSR count). The molecule has 1 fully saturated rings. The van der Waals surface area contributed by atoms with Crippen LogP contribution in [0, 0.1) is 12.8 Å². The molecule has 0 radical (unpaired) electrons. The van der Waals surface area contributed by atoms with E-state index in [9.17, 15) is 0 Å². The second-order valence-corrected chi connectivity index (χ2v) is 4.93. The molecular weight excluding hydrogens is 208 g/mol. The van der Waals surface area contributed by atoms with Gasteiger partial charge >= 0.3 is 0 Å². The lowest BCUT2D eigenvalue weighted by Gasteiger charge is -2.35. The van der Waals surface area contributed by atoms with E-state index in [0.717, 1.165) is 31.0 Å². The molecule has 2 nitrogen and oxygen atoms in total. The molecule has 0 amide bonds. The maximum Gasteiger partial charge on any atom is 0.128 e. The van der Waals surface area contributed by atoms with Gasteiger partial charge in [-0.1, -0.05) is 13.0 Å². The minimum absolute atomic E-state index is 0.325. The van der Waals surface area contributed by atoms with Gasteiger partial charge in [-0.15, -0.1) is 11.6 Å². The lowest BCUT2D eigenvalue weighted by atomic mass is 10.00. The number of pyridine rings is 1. The first-order valence-electron chi connectivity index (χ1n) is 5.49. The van der Waals surface area contributed by atoms with Crippen molar-refractivity contribution in [2.75, 3.05) is 18.0 Å². The molecule has 82 valence electrons. The van der Waals surface area contributed by atoms with E-state index in [-0.39, 0.29) is 0 Å². The molecule has 0 aromatic carbocycles. The molecule has 0 spiro atoms. The molecule has 15 heavy (non-hydrogen) atoms. The maximum absolute atomic E-state index is 6.20. The maximum atomic E-state index is 6.20. The molecule has 2 heterocycles. The Kier molecular flexibility index (Phi) is 3.15. The highest BCUT2D eigenvalue weighted by atomic mass is 35.5. The van der Waals surface area contributed by atoms with E-state index >= 15 is 0 Å². The van der Waals surface area contributed by atoms with Gasteiger partial charge < -0.3 is 4.90 Å². The first-order chi connectivity index (χ1) is 7.16. The van der Waals surface area contributed by atoms with Gasteiger partial charge in [0, 0.05) is 24.2 Å². The third-order valence-electron chi connectivity index (χ3n) is 3.00. The minimum atomic E-state index is 0.325. The van der Waals surface area contributed by atoms with Crippen molar-refractivity contribution in [1.29, 1.82) is 0 Å². The average Bonchev–Trinajstić information content (AvgIpc) is 2.22. The Balaban J connectivity index is 2.12. The Morgan fingerprint density at radius 1 is 1.47 bits per heavy atom. The van der Waals surface area contributed by atoms with Crippen LogP contribution in [-0.4, -0.2) is 23.5 Å². The molecule has 1 aromatic heterocycles. The monoisotopic (exact) mass is 224 g/mol. The second-order valence-electron chi connectivity index (χ2n) is 4.37. The highest BCUT2D eigenvalue weighted by Crippen LogP contribution is 2.25. The Morgan fingerprint density at radius 2 is 2.27 bits per heavy atom. The van der Waals surface area contributed by atoms with E-state index in [1.807, 2.05) is 13.0 Å². The molecule has 3 heteroatoms. The third kappa shape index (κ3) is 2.43. The zero-order chi connectivity index (χ0) is 10.8. The van der Waals surface area contributed by atoms with Crippen molar-refractivity contribution in [1.82, 2.24) is 4.98 Å². The van der Waals surface area contributed by atoms with Crippen LogP contribution in [0.15, 0.2) is 18.2 Å². The van der Waals surface area contributed by atoms with Crippen molar-refractivity contribution in [2.45, 2.75) is 25.6 Å². The fourth-order valence-corrected chi connectivity index (χ4v) is 2.21. The van der Waals surface area contributed by atoms with E-state index in [0.29, 0.717) is 11.3 Å². The quantitative estimate of drug-likeness (QED) is 0.682. The Hall–Kier alpha value is -0.760. The number of piperidine rings is 1. The third-order valence-corrected chi connectivity index (χ3v) is 3.65. The van der Waals surface area contributed by atoms with Crippen LogP contribution in [0.2, 0.25) is 0 Å². The molecule has 1 aliphatic heterocycles. The summed E-state index contributed by atoms with van der Waals surface area (Å²) in [5.41, 5.74) is 1.08. The standard InChI is InChI=1S/C12H17ClN2/c1-9-8-15(7-6-11(9)13)12-5-3-4-10(2)14-12/h3-5,9,11H,6-8H2,1-2H3. The van der Waals surface area contributed by atoms with Crippen molar-refractivity contribution in [3.8, 4) is 0 Å². The van der Waals surface area contributed by atoms with Crippen LogP contribution in [0.1, 0.15) is 19.0 Å². The molecule has 1 aliphatic rings. The number of hydrogen-bond donors (Lipinski definition) is 0. The summed E-state index contributed by atoms with van der Waals surface area (Å²) in [5, 5.41) is 0.325. The van der Waals surface area contributed by atoms with Crippen molar-refractivity contribution in [3.63, 3.8) is 0 Å². The largest absolute Gasteiger partial charge is 0.356 e. The fraction of sp³-hybridized carbons (Fsp3) is 0.583. The highest BCUT2D eigenvalue weighted by Gasteiger charge is 2.24. The van der Waals surface area contributed by atoms with Crippen molar-refractivity contribution >= 4 is 17.4 Å². The molecule has 2 atom stereocenters. The van der Waals surface area contributed by atoms with Gasteiger partial charge in [-0.25, -0.2) is 4.98 Å². The minimum Gasteiger partial charge on any atom is -0.356 e. The predicted octanol–water partition coefficient (Wildman–Crippen LogP) is 2.84. The van der Waals surface area contributed by atoms with Gasteiger partial charge in [0.2, 0.25) is 0 Å². The Bertz CT molecular complexity index is 340. The lowest BCUT2D eigenvalue weighted by molar-refractivity contribution is 0.452. The van der Waals surface area contributed by atoms with Crippen LogP contribution in [0.5, 0.6) is 0 Å². The fourth-order valence-electron chi connectivity index (χ4n) is 2.03. The summed E-state index contributed by atoms with van der Waals surface area (Å²) in [7, 11) is 0. The molecule has 0 saturated carbocycles. The van der Waals surface area contributed by atoms with Crippen molar-refractivity contribution in [3.05, 3.63) is 23.9 Å². The number of hydrogen-bond acceptors (Lipinski definition) is 2. The summed E-state index contributed by atoms with van der Waals surface area (Å²) in [4.78, 5) is 6.87. The van der Waals surface area contributed by atoms with Gasteiger partial charge in [-0.3, -0.25) is 0 Å². The van der Waals surface area contributed by atoms with Crippen LogP contribution in [0.4, 0.5) is 5.82 Å². The zero-order valence-corrected chi connectivity index (χ0v) is 10.0. The average molecular weight is 225 g/mol. The number of aromatic nitrogens is 1. The van der Waals surface area contributed by atoms with Gasteiger partial charge in [-0.2, -0.15) is 0 Å². The first-order valence-corrected chi connectivity index (χ1v) is 5.93. The van der Waals surface area contributed by atoms with E-state index in [1.54, 1.807) is 0 Å². The molecular formula is C12H17ClN2. The summed E-state index contributed by atoms with van der Waals surface area (Å²) in [6.45, 7) is 6.28. The second kappa shape index (κ2) is 4.40. The smallest absolute Gasteiger partial charge is 0.128 e. The topological polar surface area (TPSA) is 16.1 Å². The first kappa shape index (κ1) is 10.7. The van der Waals surface area contributed by atoms with Crippen LogP contribution >= 0.6 is 11.6 Å². The Morgan fingerprint density at radius 3 is 2.93 bits per heavy atom. The SMILES string of the molecule is Cc1cccc(N2CCC(Cl)C(C)C2)n1. The summed E-state index contributed by atoms with van der Waals surface area (Å²) in [6.07, 6.45) is 1.05. The normalized spacial score (nSPS) is 26.7. The number of nitrogens with zero attached hydrogens (tertiary/aromatic N) is 2. The highest BCUT2D eigenvalue weighted by molar-refractivity contribution is 6.20. The molecule has 1 saturated heterocycles. The molecule has 2 unspecified atom stereocenters. The van der Waals surface area contributed by atoms with Crippen LogP contribution in [-0.2, 0) is 0 Å². The number of anilines is 1. The van der Waals surface area contributed by atoms with Crippen molar-refractivity contribution < 1.29 is 0 Å². The lowest BCUT2D eigenvalue weighted by Crippen LogP contribution is -2.40.